The fourth-order valence-electron chi connectivity index (χ4n) is 3.42. The van der Waals surface area contributed by atoms with Crippen molar-refractivity contribution in [3.63, 3.8) is 0 Å². The number of carbonyl (C=O) groups excluding carboxylic acids is 2. The van der Waals surface area contributed by atoms with Gasteiger partial charge in [-0.05, 0) is 25.7 Å². The Labute approximate surface area is 161 Å². The number of nitrogens with two attached hydrogens (primary N) is 1. The van der Waals surface area contributed by atoms with E-state index in [1.54, 1.807) is 0 Å². The Morgan fingerprint density at radius 1 is 1.08 bits per heavy atom. The van der Waals surface area contributed by atoms with Gasteiger partial charge >= 0.3 is 0 Å². The molecule has 146 valence electrons. The van der Waals surface area contributed by atoms with Gasteiger partial charge in [-0.1, -0.05) is 0 Å². The normalized spacial score (nSPS) is 23.2. The molecule has 0 spiro atoms. The first-order valence-corrected chi connectivity index (χ1v) is 8.72. The summed E-state index contributed by atoms with van der Waals surface area (Å²) in [6.45, 7) is 4.92. The summed E-state index contributed by atoms with van der Waals surface area (Å²) in [6, 6.07) is 0.406. The fraction of sp³-hybridized carbons (Fsp3) is 0.875. The minimum absolute atomic E-state index is 0. The van der Waals surface area contributed by atoms with Crippen LogP contribution in [0.1, 0.15) is 25.7 Å². The molecule has 2 heterocycles. The first kappa shape index (κ1) is 22.4. The van der Waals surface area contributed by atoms with Crippen LogP contribution in [0.2, 0.25) is 0 Å². The van der Waals surface area contributed by atoms with Crippen molar-refractivity contribution < 1.29 is 14.3 Å². The van der Waals surface area contributed by atoms with Gasteiger partial charge < -0.3 is 20.7 Å². The maximum Gasteiger partial charge on any atom is 0.234 e. The summed E-state index contributed by atoms with van der Waals surface area (Å²) < 4.78 is 5.38. The summed E-state index contributed by atoms with van der Waals surface area (Å²) in [4.78, 5) is 28.8. The lowest BCUT2D eigenvalue weighted by Gasteiger charge is -2.42. The van der Waals surface area contributed by atoms with Gasteiger partial charge in [-0.3, -0.25) is 14.5 Å². The average molecular weight is 397 g/mol. The van der Waals surface area contributed by atoms with Crippen molar-refractivity contribution in [2.45, 2.75) is 31.7 Å². The number of ether oxygens (including phenoxy) is 1. The number of hydrogen-bond donors (Lipinski definition) is 2. The standard InChI is InChI=1S/C16H28N4O3.2ClH/c17-12-16(3-9-23-10-4-16)15(22)20-7-5-19(6-8-20)11-14(21)18-13-1-2-13;;/h13H,1-12,17H2,(H,18,21);2*1H. The molecule has 0 aromatic rings. The molecule has 25 heavy (non-hydrogen) atoms. The predicted molar refractivity (Wildman–Crippen MR) is 100 cm³/mol. The van der Waals surface area contributed by atoms with Crippen LogP contribution in [-0.2, 0) is 14.3 Å². The lowest BCUT2D eigenvalue weighted by molar-refractivity contribution is -0.149. The molecular weight excluding hydrogens is 367 g/mol. The van der Waals surface area contributed by atoms with E-state index in [1.165, 1.54) is 0 Å². The van der Waals surface area contributed by atoms with Crippen LogP contribution in [0.3, 0.4) is 0 Å². The summed E-state index contributed by atoms with van der Waals surface area (Å²) in [5.41, 5.74) is 5.48. The van der Waals surface area contributed by atoms with Crippen LogP contribution in [0.5, 0.6) is 0 Å². The molecule has 1 aliphatic carbocycles. The minimum atomic E-state index is -0.441. The Morgan fingerprint density at radius 3 is 2.20 bits per heavy atom. The van der Waals surface area contributed by atoms with Gasteiger partial charge in [0, 0.05) is 52.0 Å². The Morgan fingerprint density at radius 2 is 1.68 bits per heavy atom. The molecule has 1 saturated carbocycles. The van der Waals surface area contributed by atoms with Crippen molar-refractivity contribution in [2.75, 3.05) is 52.5 Å². The van der Waals surface area contributed by atoms with Crippen molar-refractivity contribution in [1.29, 1.82) is 0 Å². The van der Waals surface area contributed by atoms with Crippen LogP contribution in [0.15, 0.2) is 0 Å². The number of halogens is 2. The summed E-state index contributed by atoms with van der Waals surface area (Å²) in [7, 11) is 0. The zero-order valence-electron chi connectivity index (χ0n) is 14.6. The summed E-state index contributed by atoms with van der Waals surface area (Å²) >= 11 is 0. The van der Waals surface area contributed by atoms with Gasteiger partial charge in [0.25, 0.3) is 0 Å². The van der Waals surface area contributed by atoms with Gasteiger partial charge in [-0.15, -0.1) is 24.8 Å². The van der Waals surface area contributed by atoms with Crippen LogP contribution in [-0.4, -0.2) is 80.1 Å². The van der Waals surface area contributed by atoms with E-state index in [0.29, 0.717) is 58.3 Å². The smallest absolute Gasteiger partial charge is 0.234 e. The summed E-state index contributed by atoms with van der Waals surface area (Å²) in [6.07, 6.45) is 3.65. The second kappa shape index (κ2) is 9.92. The largest absolute Gasteiger partial charge is 0.381 e. The van der Waals surface area contributed by atoms with Gasteiger partial charge in [0.15, 0.2) is 0 Å². The van der Waals surface area contributed by atoms with E-state index in [0.717, 1.165) is 25.9 Å². The van der Waals surface area contributed by atoms with Crippen LogP contribution in [0.25, 0.3) is 0 Å². The fourth-order valence-corrected chi connectivity index (χ4v) is 3.42. The highest BCUT2D eigenvalue weighted by Crippen LogP contribution is 2.32. The van der Waals surface area contributed by atoms with Gasteiger partial charge in [-0.25, -0.2) is 0 Å². The maximum atomic E-state index is 12.9. The van der Waals surface area contributed by atoms with E-state index >= 15 is 0 Å². The van der Waals surface area contributed by atoms with Crippen LogP contribution in [0, 0.1) is 5.41 Å². The highest BCUT2D eigenvalue weighted by molar-refractivity contribution is 5.85. The molecule has 2 amide bonds. The van der Waals surface area contributed by atoms with E-state index < -0.39 is 5.41 Å². The molecule has 0 unspecified atom stereocenters. The third-order valence-corrected chi connectivity index (χ3v) is 5.26. The third kappa shape index (κ3) is 5.69. The SMILES string of the molecule is Cl.Cl.NCC1(C(=O)N2CCN(CC(=O)NC3CC3)CC2)CCOCC1. The average Bonchev–Trinajstić information content (AvgIpc) is 3.39. The van der Waals surface area contributed by atoms with Crippen molar-refractivity contribution in [3.05, 3.63) is 0 Å². The topological polar surface area (TPSA) is 87.9 Å². The number of piperazine rings is 1. The van der Waals surface area contributed by atoms with Crippen molar-refractivity contribution in [2.24, 2.45) is 11.1 Å². The number of nitrogens with zero attached hydrogens (tertiary/aromatic N) is 2. The molecule has 3 N–H and O–H groups in total. The molecule has 3 aliphatic rings. The van der Waals surface area contributed by atoms with Crippen LogP contribution < -0.4 is 11.1 Å². The Kier molecular flexibility index (Phi) is 8.91. The van der Waals surface area contributed by atoms with Crippen molar-refractivity contribution in [1.82, 2.24) is 15.1 Å². The molecule has 0 aromatic heterocycles. The zero-order chi connectivity index (χ0) is 16.3. The molecule has 3 fully saturated rings. The number of rotatable bonds is 5. The van der Waals surface area contributed by atoms with Gasteiger partial charge in [0.05, 0.1) is 12.0 Å². The predicted octanol–water partition coefficient (Wildman–Crippen LogP) is 0.00830. The van der Waals surface area contributed by atoms with E-state index in [1.807, 2.05) is 4.90 Å². The van der Waals surface area contributed by atoms with Gasteiger partial charge in [-0.2, -0.15) is 0 Å². The van der Waals surface area contributed by atoms with E-state index in [-0.39, 0.29) is 36.6 Å². The van der Waals surface area contributed by atoms with Crippen molar-refractivity contribution in [3.8, 4) is 0 Å². The molecule has 0 radical (unpaired) electrons. The Bertz CT molecular complexity index is 449. The Hall–Kier alpha value is -0.600. The van der Waals surface area contributed by atoms with E-state index in [2.05, 4.69) is 10.2 Å². The first-order valence-electron chi connectivity index (χ1n) is 8.72. The molecule has 0 aromatic carbocycles. The monoisotopic (exact) mass is 396 g/mol. The van der Waals surface area contributed by atoms with Crippen LogP contribution in [0.4, 0.5) is 0 Å². The van der Waals surface area contributed by atoms with Gasteiger partial charge in [0.1, 0.15) is 0 Å². The molecule has 0 bridgehead atoms. The lowest BCUT2D eigenvalue weighted by atomic mass is 9.78. The third-order valence-electron chi connectivity index (χ3n) is 5.26. The molecule has 9 heteroatoms. The highest BCUT2D eigenvalue weighted by atomic mass is 35.5. The second-order valence-electron chi connectivity index (χ2n) is 7.01. The molecule has 3 rings (SSSR count). The van der Waals surface area contributed by atoms with Crippen LogP contribution >= 0.6 is 24.8 Å². The van der Waals surface area contributed by atoms with E-state index in [9.17, 15) is 9.59 Å². The quantitative estimate of drug-likeness (QED) is 0.683. The maximum absolute atomic E-state index is 12.9. The summed E-state index contributed by atoms with van der Waals surface area (Å²) in [5.74, 6) is 0.278. The van der Waals surface area contributed by atoms with Crippen molar-refractivity contribution >= 4 is 36.6 Å². The molecule has 2 aliphatic heterocycles. The number of nitrogens with one attached hydrogen (secondary N) is 1. The molecule has 7 nitrogen and oxygen atoms in total. The number of carbonyl (C=O) groups is 2. The number of hydrogen-bond acceptors (Lipinski definition) is 5. The minimum Gasteiger partial charge on any atom is -0.381 e. The summed E-state index contributed by atoms with van der Waals surface area (Å²) in [5, 5.41) is 3.01. The first-order chi connectivity index (χ1) is 11.1. The molecular formula is C16H30Cl2N4O3. The van der Waals surface area contributed by atoms with Gasteiger partial charge in [0.2, 0.25) is 11.8 Å². The molecule has 2 saturated heterocycles. The lowest BCUT2D eigenvalue weighted by Crippen LogP contribution is -2.57. The van der Waals surface area contributed by atoms with E-state index in [4.69, 9.17) is 10.5 Å². The Balaban J connectivity index is 0.00000156. The number of amides is 2. The highest BCUT2D eigenvalue weighted by Gasteiger charge is 2.42. The zero-order valence-corrected chi connectivity index (χ0v) is 16.2. The molecule has 0 atom stereocenters. The second-order valence-corrected chi connectivity index (χ2v) is 7.01.